The van der Waals surface area contributed by atoms with E-state index in [1.807, 2.05) is 0 Å². The highest BCUT2D eigenvalue weighted by molar-refractivity contribution is 7.99. The lowest BCUT2D eigenvalue weighted by atomic mass is 10.1. The summed E-state index contributed by atoms with van der Waals surface area (Å²) in [6.45, 7) is 0. The molecule has 1 aliphatic rings. The summed E-state index contributed by atoms with van der Waals surface area (Å²) >= 11 is 7.42. The van der Waals surface area contributed by atoms with Gasteiger partial charge in [-0.15, -0.1) is 11.8 Å². The van der Waals surface area contributed by atoms with Gasteiger partial charge in [0.15, 0.2) is 5.78 Å². The van der Waals surface area contributed by atoms with E-state index in [1.165, 1.54) is 17.8 Å². The van der Waals surface area contributed by atoms with E-state index < -0.39 is 0 Å². The number of phenolic OH excluding ortho intramolecular Hbond substituents is 1. The van der Waals surface area contributed by atoms with Gasteiger partial charge in [0.25, 0.3) is 0 Å². The highest BCUT2D eigenvalue weighted by atomic mass is 35.5. The molecule has 2 nitrogen and oxygen atoms in total. The molecule has 2 rings (SSSR count). The van der Waals surface area contributed by atoms with Crippen molar-refractivity contribution in [3.63, 3.8) is 0 Å². The van der Waals surface area contributed by atoms with Gasteiger partial charge in [0.05, 0.1) is 10.6 Å². The largest absolute Gasteiger partial charge is 0.507 e. The molecule has 1 aromatic carbocycles. The molecule has 0 aliphatic carbocycles. The maximum atomic E-state index is 11.4. The molecule has 0 unspecified atom stereocenters. The highest BCUT2D eigenvalue weighted by Gasteiger charge is 2.23. The summed E-state index contributed by atoms with van der Waals surface area (Å²) in [6.07, 6.45) is 0.478. The Morgan fingerprint density at radius 3 is 2.92 bits per heavy atom. The first-order valence-corrected chi connectivity index (χ1v) is 5.24. The summed E-state index contributed by atoms with van der Waals surface area (Å²) in [5.74, 6) is 0.764. The van der Waals surface area contributed by atoms with Crippen LogP contribution in [0.25, 0.3) is 0 Å². The molecule has 4 heteroatoms. The predicted molar refractivity (Wildman–Crippen MR) is 52.8 cm³/mol. The molecule has 0 amide bonds. The lowest BCUT2D eigenvalue weighted by Crippen LogP contribution is -2.08. The van der Waals surface area contributed by atoms with Gasteiger partial charge in [-0.2, -0.15) is 0 Å². The number of Topliss-reactive ketones (excluding diaryl/α,β-unsaturated/α-hetero) is 1. The van der Waals surface area contributed by atoms with Gasteiger partial charge in [0, 0.05) is 17.1 Å². The van der Waals surface area contributed by atoms with E-state index in [0.717, 1.165) is 10.6 Å². The van der Waals surface area contributed by atoms with Gasteiger partial charge < -0.3 is 5.11 Å². The third-order valence-corrected chi connectivity index (χ3v) is 3.49. The lowest BCUT2D eigenvalue weighted by Gasteiger charge is -2.16. The van der Waals surface area contributed by atoms with Crippen molar-refractivity contribution in [3.8, 4) is 5.75 Å². The van der Waals surface area contributed by atoms with E-state index in [0.29, 0.717) is 17.0 Å². The molecule has 0 spiro atoms. The summed E-state index contributed by atoms with van der Waals surface area (Å²) in [4.78, 5) is 12.1. The van der Waals surface area contributed by atoms with E-state index in [2.05, 4.69) is 0 Å². The van der Waals surface area contributed by atoms with E-state index in [-0.39, 0.29) is 11.5 Å². The zero-order valence-electron chi connectivity index (χ0n) is 6.71. The Kier molecular flexibility index (Phi) is 2.22. The van der Waals surface area contributed by atoms with E-state index >= 15 is 0 Å². The molecule has 0 saturated carbocycles. The molecule has 0 atom stereocenters. The smallest absolute Gasteiger partial charge is 0.168 e. The van der Waals surface area contributed by atoms with E-state index in [4.69, 9.17) is 11.6 Å². The van der Waals surface area contributed by atoms with Gasteiger partial charge >= 0.3 is 0 Å². The average molecular weight is 215 g/mol. The molecule has 1 heterocycles. The molecule has 13 heavy (non-hydrogen) atoms. The maximum Gasteiger partial charge on any atom is 0.168 e. The van der Waals surface area contributed by atoms with E-state index in [9.17, 15) is 9.90 Å². The number of rotatable bonds is 0. The fourth-order valence-corrected chi connectivity index (χ4v) is 2.71. The molecule has 0 aromatic heterocycles. The minimum Gasteiger partial charge on any atom is -0.507 e. The summed E-state index contributed by atoms with van der Waals surface area (Å²) in [7, 11) is 0. The fourth-order valence-electron chi connectivity index (χ4n) is 1.33. The van der Waals surface area contributed by atoms with Crippen molar-refractivity contribution in [1.29, 1.82) is 0 Å². The first-order valence-electron chi connectivity index (χ1n) is 3.87. The topological polar surface area (TPSA) is 37.3 Å². The van der Waals surface area contributed by atoms with Crippen LogP contribution in [0.1, 0.15) is 16.8 Å². The number of phenols is 1. The number of hydrogen-bond donors (Lipinski definition) is 1. The monoisotopic (exact) mass is 214 g/mol. The second-order valence-corrected chi connectivity index (χ2v) is 4.30. The maximum absolute atomic E-state index is 11.4. The lowest BCUT2D eigenvalue weighted by molar-refractivity contribution is 0.0982. The molecule has 0 saturated heterocycles. The Labute approximate surface area is 84.9 Å². The van der Waals surface area contributed by atoms with Crippen molar-refractivity contribution in [1.82, 2.24) is 0 Å². The fraction of sp³-hybridized carbons (Fsp3) is 0.222. The zero-order chi connectivity index (χ0) is 9.42. The van der Waals surface area contributed by atoms with Crippen LogP contribution < -0.4 is 0 Å². The third-order valence-electron chi connectivity index (χ3n) is 1.94. The summed E-state index contributed by atoms with van der Waals surface area (Å²) < 4.78 is 0. The van der Waals surface area contributed by atoms with Gasteiger partial charge in [0.1, 0.15) is 5.75 Å². The van der Waals surface area contributed by atoms with Gasteiger partial charge in [-0.05, 0) is 12.1 Å². The Hall–Kier alpha value is -0.670. The van der Waals surface area contributed by atoms with Crippen LogP contribution in [0.4, 0.5) is 0 Å². The van der Waals surface area contributed by atoms with Crippen LogP contribution >= 0.6 is 23.4 Å². The number of carbonyl (C=O) groups is 1. The molecule has 0 fully saturated rings. The van der Waals surface area contributed by atoms with Crippen LogP contribution in [0.15, 0.2) is 17.0 Å². The number of fused-ring (bicyclic) bond motifs is 1. The van der Waals surface area contributed by atoms with Gasteiger partial charge in [-0.3, -0.25) is 4.79 Å². The van der Waals surface area contributed by atoms with Crippen LogP contribution in [0.5, 0.6) is 5.75 Å². The Morgan fingerprint density at radius 1 is 1.46 bits per heavy atom. The quantitative estimate of drug-likeness (QED) is 0.722. The van der Waals surface area contributed by atoms with Crippen molar-refractivity contribution in [2.24, 2.45) is 0 Å². The third kappa shape index (κ3) is 1.42. The first-order chi connectivity index (χ1) is 6.20. The number of aromatic hydroxyl groups is 1. The van der Waals surface area contributed by atoms with Crippen LogP contribution in [0.2, 0.25) is 5.02 Å². The number of benzene rings is 1. The number of halogens is 1. The van der Waals surface area contributed by atoms with Gasteiger partial charge in [-0.25, -0.2) is 0 Å². The van der Waals surface area contributed by atoms with Gasteiger partial charge in [0.2, 0.25) is 0 Å². The van der Waals surface area contributed by atoms with Crippen LogP contribution in [0.3, 0.4) is 0 Å². The summed E-state index contributed by atoms with van der Waals surface area (Å²) in [5.41, 5.74) is 0.392. The van der Waals surface area contributed by atoms with Crippen molar-refractivity contribution in [3.05, 3.63) is 22.7 Å². The Morgan fingerprint density at radius 2 is 2.23 bits per heavy atom. The second kappa shape index (κ2) is 3.24. The number of carbonyl (C=O) groups excluding carboxylic acids is 1. The molecule has 1 aromatic rings. The average Bonchev–Trinajstić information content (AvgIpc) is 2.12. The van der Waals surface area contributed by atoms with Crippen molar-refractivity contribution in [2.45, 2.75) is 11.3 Å². The summed E-state index contributed by atoms with van der Waals surface area (Å²) in [5, 5.41) is 10.0. The number of hydrogen-bond acceptors (Lipinski definition) is 3. The molecular weight excluding hydrogens is 208 g/mol. The molecule has 68 valence electrons. The van der Waals surface area contributed by atoms with Crippen LogP contribution in [-0.2, 0) is 0 Å². The number of thioether (sulfide) groups is 1. The van der Waals surface area contributed by atoms with Crippen LogP contribution in [-0.4, -0.2) is 16.6 Å². The normalized spacial score (nSPS) is 15.6. The Balaban J connectivity index is 2.67. The second-order valence-electron chi connectivity index (χ2n) is 2.79. The molecular formula is C9H7ClO2S. The first kappa shape index (κ1) is 8.91. The van der Waals surface area contributed by atoms with E-state index in [1.54, 1.807) is 6.07 Å². The van der Waals surface area contributed by atoms with Crippen LogP contribution in [0, 0.1) is 0 Å². The Bertz CT molecular complexity index is 376. The molecule has 0 bridgehead atoms. The SMILES string of the molecule is O=C1CCSc2c(Cl)ccc(O)c21. The highest BCUT2D eigenvalue weighted by Crippen LogP contribution is 2.39. The van der Waals surface area contributed by atoms with Gasteiger partial charge in [-0.1, -0.05) is 11.6 Å². The molecule has 0 radical (unpaired) electrons. The minimum absolute atomic E-state index is 0.0197. The summed E-state index contributed by atoms with van der Waals surface area (Å²) in [6, 6.07) is 3.08. The van der Waals surface area contributed by atoms with Crippen molar-refractivity contribution < 1.29 is 9.90 Å². The zero-order valence-corrected chi connectivity index (χ0v) is 8.28. The standard InChI is InChI=1S/C9H7ClO2S/c10-5-1-2-6(11)8-7(12)3-4-13-9(5)8/h1-2,11H,3-4H2. The predicted octanol–water partition coefficient (Wildman–Crippen LogP) is 2.72. The molecule has 1 aliphatic heterocycles. The van der Waals surface area contributed by atoms with Crippen molar-refractivity contribution >= 4 is 29.1 Å². The van der Waals surface area contributed by atoms with Crippen molar-refractivity contribution in [2.75, 3.05) is 5.75 Å². The number of ketones is 1. The molecule has 1 N–H and O–H groups in total. The minimum atomic E-state index is -0.0197.